The molecule has 1 amide bonds. The van der Waals surface area contributed by atoms with Gasteiger partial charge in [0.2, 0.25) is 15.9 Å². The van der Waals surface area contributed by atoms with Crippen molar-refractivity contribution in [1.29, 1.82) is 0 Å². The number of nitrogens with zero attached hydrogens (tertiary/aromatic N) is 5. The van der Waals surface area contributed by atoms with E-state index in [0.29, 0.717) is 24.1 Å². The highest BCUT2D eigenvalue weighted by molar-refractivity contribution is 7.89. The van der Waals surface area contributed by atoms with E-state index in [-0.39, 0.29) is 29.8 Å². The number of imidazole rings is 1. The van der Waals surface area contributed by atoms with Crippen molar-refractivity contribution in [3.63, 3.8) is 0 Å². The summed E-state index contributed by atoms with van der Waals surface area (Å²) >= 11 is 0. The van der Waals surface area contributed by atoms with E-state index in [2.05, 4.69) is 10.3 Å². The first-order chi connectivity index (χ1) is 15.9. The van der Waals surface area contributed by atoms with Crippen LogP contribution < -0.4 is 16.6 Å². The number of aryl methyl sites for hydroxylation is 2. The van der Waals surface area contributed by atoms with Gasteiger partial charge in [0.25, 0.3) is 5.56 Å². The summed E-state index contributed by atoms with van der Waals surface area (Å²) in [5.74, 6) is -0.166. The molecule has 0 radical (unpaired) electrons. The molecule has 11 nitrogen and oxygen atoms in total. The Morgan fingerprint density at radius 1 is 1.12 bits per heavy atom. The molecule has 0 saturated carbocycles. The molecule has 1 N–H and O–H groups in total. The molecular weight excluding hydrogens is 460 g/mol. The minimum Gasteiger partial charge on any atom is -0.352 e. The minimum atomic E-state index is -3.55. The second-order valence-corrected chi connectivity index (χ2v) is 10.5. The average Bonchev–Trinajstić information content (AvgIpc) is 3.23. The summed E-state index contributed by atoms with van der Waals surface area (Å²) in [5, 5.41) is 2.82. The molecule has 2 heterocycles. The van der Waals surface area contributed by atoms with Crippen molar-refractivity contribution in [2.24, 2.45) is 14.1 Å². The average molecular weight is 491 g/mol. The van der Waals surface area contributed by atoms with Crippen molar-refractivity contribution in [3.8, 4) is 0 Å². The molecule has 12 heteroatoms. The van der Waals surface area contributed by atoms with Crippen LogP contribution in [0.25, 0.3) is 11.2 Å². The zero-order valence-electron chi connectivity index (χ0n) is 20.0. The molecule has 0 atom stereocenters. The van der Waals surface area contributed by atoms with Gasteiger partial charge in [0.15, 0.2) is 11.2 Å². The van der Waals surface area contributed by atoms with E-state index in [1.54, 1.807) is 44.6 Å². The van der Waals surface area contributed by atoms with E-state index in [9.17, 15) is 22.8 Å². The van der Waals surface area contributed by atoms with Crippen LogP contribution in [0.3, 0.4) is 0 Å². The monoisotopic (exact) mass is 490 g/mol. The number of hydrogen-bond acceptors (Lipinski definition) is 6. The maximum absolute atomic E-state index is 12.5. The SMILES string of the molecule is CC(C)N(C)S(=O)(=O)c1ccc(CNC(=O)CCCn2cnc3c2c(=O)n(C)c(=O)n3C)cc1. The first-order valence-corrected chi connectivity index (χ1v) is 12.3. The number of carbonyl (C=O) groups excluding carboxylic acids is 1. The van der Waals surface area contributed by atoms with Gasteiger partial charge in [0.1, 0.15) is 0 Å². The minimum absolute atomic E-state index is 0.154. The van der Waals surface area contributed by atoms with E-state index in [1.165, 1.54) is 34.4 Å². The molecule has 0 unspecified atom stereocenters. The van der Waals surface area contributed by atoms with Crippen LogP contribution >= 0.6 is 0 Å². The Bertz CT molecular complexity index is 1420. The Morgan fingerprint density at radius 3 is 2.38 bits per heavy atom. The summed E-state index contributed by atoms with van der Waals surface area (Å²) in [5.41, 5.74) is 0.542. The van der Waals surface area contributed by atoms with Crippen LogP contribution in [0.4, 0.5) is 0 Å². The fourth-order valence-electron chi connectivity index (χ4n) is 3.49. The number of sulfonamides is 1. The Balaban J connectivity index is 1.56. The van der Waals surface area contributed by atoms with Gasteiger partial charge in [-0.1, -0.05) is 12.1 Å². The third kappa shape index (κ3) is 4.97. The number of hydrogen-bond donors (Lipinski definition) is 1. The van der Waals surface area contributed by atoms with Gasteiger partial charge >= 0.3 is 5.69 Å². The Morgan fingerprint density at radius 2 is 1.76 bits per heavy atom. The number of fused-ring (bicyclic) bond motifs is 1. The predicted molar refractivity (Wildman–Crippen MR) is 128 cm³/mol. The van der Waals surface area contributed by atoms with Crippen LogP contribution in [-0.2, 0) is 42.0 Å². The Labute approximate surface area is 197 Å². The molecule has 1 aromatic carbocycles. The van der Waals surface area contributed by atoms with Crippen LogP contribution in [0.15, 0.2) is 45.1 Å². The molecule has 2 aromatic heterocycles. The van der Waals surface area contributed by atoms with Crippen molar-refractivity contribution in [2.45, 2.75) is 50.7 Å². The molecule has 3 aromatic rings. The van der Waals surface area contributed by atoms with Gasteiger partial charge in [-0.15, -0.1) is 0 Å². The summed E-state index contributed by atoms with van der Waals surface area (Å²) in [6, 6.07) is 6.28. The normalized spacial score (nSPS) is 12.1. The lowest BCUT2D eigenvalue weighted by Crippen LogP contribution is -2.37. The van der Waals surface area contributed by atoms with Gasteiger partial charge in [-0.3, -0.25) is 18.7 Å². The Hall–Kier alpha value is -3.25. The second kappa shape index (κ2) is 9.94. The molecule has 3 rings (SSSR count). The molecule has 0 aliphatic rings. The molecule has 0 saturated heterocycles. The van der Waals surface area contributed by atoms with E-state index >= 15 is 0 Å². The predicted octanol–water partition coefficient (Wildman–Crippen LogP) is 0.559. The highest BCUT2D eigenvalue weighted by atomic mass is 32.2. The summed E-state index contributed by atoms with van der Waals surface area (Å²) in [7, 11) is 0.962. The van der Waals surface area contributed by atoms with Gasteiger partial charge in [0, 0.05) is 46.7 Å². The first kappa shape index (κ1) is 25.4. The fraction of sp³-hybridized carbons (Fsp3) is 0.455. The van der Waals surface area contributed by atoms with Crippen molar-refractivity contribution >= 4 is 27.1 Å². The number of nitrogens with one attached hydrogen (secondary N) is 1. The number of rotatable bonds is 9. The molecular formula is C22H30N6O5S. The number of benzene rings is 1. The number of amides is 1. The summed E-state index contributed by atoms with van der Waals surface area (Å²) in [4.78, 5) is 41.1. The van der Waals surface area contributed by atoms with E-state index in [4.69, 9.17) is 0 Å². The maximum Gasteiger partial charge on any atom is 0.332 e. The third-order valence-corrected chi connectivity index (χ3v) is 7.89. The smallest absolute Gasteiger partial charge is 0.332 e. The topological polar surface area (TPSA) is 128 Å². The van der Waals surface area contributed by atoms with Crippen molar-refractivity contribution in [3.05, 3.63) is 57.0 Å². The molecule has 0 fully saturated rings. The summed E-state index contributed by atoms with van der Waals surface area (Å²) < 4.78 is 30.4. The maximum atomic E-state index is 12.5. The van der Waals surface area contributed by atoms with E-state index in [1.807, 2.05) is 0 Å². The molecule has 0 aliphatic heterocycles. The van der Waals surface area contributed by atoms with E-state index < -0.39 is 21.3 Å². The molecule has 34 heavy (non-hydrogen) atoms. The van der Waals surface area contributed by atoms with Gasteiger partial charge in [-0.25, -0.2) is 18.2 Å². The quantitative estimate of drug-likeness (QED) is 0.467. The van der Waals surface area contributed by atoms with Crippen LogP contribution in [0.5, 0.6) is 0 Å². The van der Waals surface area contributed by atoms with Gasteiger partial charge < -0.3 is 9.88 Å². The lowest BCUT2D eigenvalue weighted by Gasteiger charge is -2.21. The number of carbonyl (C=O) groups is 1. The fourth-order valence-corrected chi connectivity index (χ4v) is 4.86. The third-order valence-electron chi connectivity index (χ3n) is 5.84. The van der Waals surface area contributed by atoms with Crippen molar-refractivity contribution < 1.29 is 13.2 Å². The van der Waals surface area contributed by atoms with Gasteiger partial charge in [-0.05, 0) is 38.0 Å². The van der Waals surface area contributed by atoms with Crippen LogP contribution in [0, 0.1) is 0 Å². The second-order valence-electron chi connectivity index (χ2n) is 8.46. The molecule has 184 valence electrons. The first-order valence-electron chi connectivity index (χ1n) is 10.9. The highest BCUT2D eigenvalue weighted by Crippen LogP contribution is 2.17. The number of aromatic nitrogens is 4. The summed E-state index contributed by atoms with van der Waals surface area (Å²) in [6.07, 6.45) is 2.20. The standard InChI is InChI=1S/C22H30N6O5S/c1-15(2)27(5)34(32,33)17-10-8-16(9-11-17)13-23-18(29)7-6-12-28-14-24-20-19(28)21(30)26(4)22(31)25(20)3/h8-11,14-15H,6-7,12-13H2,1-5H3,(H,23,29). The molecule has 0 spiro atoms. The Kier molecular flexibility index (Phi) is 7.41. The van der Waals surface area contributed by atoms with Crippen molar-refractivity contribution in [1.82, 2.24) is 28.3 Å². The highest BCUT2D eigenvalue weighted by Gasteiger charge is 2.22. The van der Waals surface area contributed by atoms with Crippen LogP contribution in [-0.4, -0.2) is 50.4 Å². The lowest BCUT2D eigenvalue weighted by molar-refractivity contribution is -0.121. The van der Waals surface area contributed by atoms with Crippen LogP contribution in [0.2, 0.25) is 0 Å². The summed E-state index contributed by atoms with van der Waals surface area (Å²) in [6.45, 7) is 4.28. The van der Waals surface area contributed by atoms with Gasteiger partial charge in [0.05, 0.1) is 11.2 Å². The van der Waals surface area contributed by atoms with Crippen molar-refractivity contribution in [2.75, 3.05) is 7.05 Å². The van der Waals surface area contributed by atoms with Crippen LogP contribution in [0.1, 0.15) is 32.3 Å². The molecule has 0 aliphatic carbocycles. The zero-order chi connectivity index (χ0) is 25.2. The lowest BCUT2D eigenvalue weighted by atomic mass is 10.2. The zero-order valence-corrected chi connectivity index (χ0v) is 20.8. The van der Waals surface area contributed by atoms with Gasteiger partial charge in [-0.2, -0.15) is 4.31 Å². The largest absolute Gasteiger partial charge is 0.352 e. The molecule has 0 bridgehead atoms. The van der Waals surface area contributed by atoms with E-state index in [0.717, 1.165) is 10.1 Å².